The number of hydrogen-bond donors (Lipinski definition) is 2. The molecule has 0 aliphatic rings. The second kappa shape index (κ2) is 18.8. The van der Waals surface area contributed by atoms with Crippen LogP contribution in [-0.4, -0.2) is 47.1 Å². The van der Waals surface area contributed by atoms with Crippen molar-refractivity contribution in [2.24, 2.45) is 0 Å². The number of furan rings is 2. The van der Waals surface area contributed by atoms with Crippen LogP contribution in [0.2, 0.25) is 5.28 Å². The van der Waals surface area contributed by atoms with Gasteiger partial charge in [-0.15, -0.1) is 0 Å². The zero-order valence-electron chi connectivity index (χ0n) is 35.0. The Bertz CT molecular complexity index is 3480. The molecular weight excluding hydrogens is 843 g/mol. The number of fused-ring (bicyclic) bond motifs is 6. The summed E-state index contributed by atoms with van der Waals surface area (Å²) in [5, 5.41) is 22.6. The first kappa shape index (κ1) is 41.7. The van der Waals surface area contributed by atoms with E-state index in [0.29, 0.717) is 40.2 Å². The third-order valence-corrected chi connectivity index (χ3v) is 10.9. The van der Waals surface area contributed by atoms with Crippen molar-refractivity contribution in [1.29, 1.82) is 0 Å². The smallest absolute Gasteiger partial charge is 0.456 e. The van der Waals surface area contributed by atoms with Crippen molar-refractivity contribution in [1.82, 2.24) is 29.9 Å². The van der Waals surface area contributed by atoms with Gasteiger partial charge in [-0.05, 0) is 41.3 Å². The number of hydrogen-bond acceptors (Lipinski definition) is 10. The van der Waals surface area contributed by atoms with E-state index in [1.807, 2.05) is 188 Å². The van der Waals surface area contributed by atoms with Gasteiger partial charge in [-0.25, -0.2) is 19.9 Å². The summed E-state index contributed by atoms with van der Waals surface area (Å²) in [5.41, 5.74) is 8.25. The number of benzene rings is 8. The second-order valence-electron chi connectivity index (χ2n) is 15.0. The fraction of sp³-hybridized carbons (Fsp3) is 0. The highest BCUT2D eigenvalue weighted by molar-refractivity contribution is 6.62. The lowest BCUT2D eigenvalue weighted by molar-refractivity contribution is 0.426. The van der Waals surface area contributed by atoms with E-state index >= 15 is 0 Å². The van der Waals surface area contributed by atoms with Gasteiger partial charge in [0, 0.05) is 49.4 Å². The Kier molecular flexibility index (Phi) is 11.9. The molecule has 8 aromatic carbocycles. The van der Waals surface area contributed by atoms with E-state index in [-0.39, 0.29) is 5.28 Å². The number of aromatic nitrogens is 6. The Morgan fingerprint density at radius 3 is 1.14 bits per heavy atom. The molecule has 4 aromatic heterocycles. The maximum Gasteiger partial charge on any atom is 0.489 e. The van der Waals surface area contributed by atoms with Crippen molar-refractivity contribution in [3.05, 3.63) is 212 Å². The minimum Gasteiger partial charge on any atom is -0.456 e. The molecule has 0 radical (unpaired) electrons. The van der Waals surface area contributed by atoms with E-state index in [1.54, 1.807) is 12.1 Å². The van der Waals surface area contributed by atoms with Crippen LogP contribution in [-0.2, 0) is 0 Å². The molecule has 0 atom stereocenters. The van der Waals surface area contributed by atoms with Crippen molar-refractivity contribution in [3.8, 4) is 56.9 Å². The van der Waals surface area contributed by atoms with Crippen LogP contribution in [0, 0.1) is 0 Å². The summed E-state index contributed by atoms with van der Waals surface area (Å²) in [4.78, 5) is 27.3. The van der Waals surface area contributed by atoms with Gasteiger partial charge in [0.25, 0.3) is 0 Å². The predicted octanol–water partition coefficient (Wildman–Crippen LogP) is 11.9. The van der Waals surface area contributed by atoms with Gasteiger partial charge in [-0.2, -0.15) is 9.97 Å². The van der Waals surface area contributed by atoms with Crippen LogP contribution < -0.4 is 5.46 Å². The van der Waals surface area contributed by atoms with Gasteiger partial charge in [0.15, 0.2) is 29.1 Å². The average Bonchev–Trinajstić information content (AvgIpc) is 3.96. The van der Waals surface area contributed by atoms with Crippen LogP contribution in [0.5, 0.6) is 0 Å². The molecule has 0 aliphatic heterocycles. The Hall–Kier alpha value is -8.35. The minimum absolute atomic E-state index is 0.202. The largest absolute Gasteiger partial charge is 0.489 e. The van der Waals surface area contributed by atoms with Gasteiger partial charge in [-0.1, -0.05) is 182 Å². The summed E-state index contributed by atoms with van der Waals surface area (Å²) in [5.74, 6) is 3.09. The Balaban J connectivity index is 0.000000125. The molecule has 316 valence electrons. The Morgan fingerprint density at radius 1 is 0.333 bits per heavy atom. The van der Waals surface area contributed by atoms with Crippen LogP contribution in [0.1, 0.15) is 0 Å². The normalized spacial score (nSPS) is 11.0. The number of para-hydroxylation sites is 2. The van der Waals surface area contributed by atoms with E-state index in [9.17, 15) is 10.0 Å². The molecule has 0 amide bonds. The van der Waals surface area contributed by atoms with Crippen LogP contribution >= 0.6 is 11.6 Å². The summed E-state index contributed by atoms with van der Waals surface area (Å²) in [6, 6.07) is 66.3. The summed E-state index contributed by atoms with van der Waals surface area (Å²) in [7, 11) is -1.48. The molecule has 12 heteroatoms. The van der Waals surface area contributed by atoms with Gasteiger partial charge in [0.2, 0.25) is 5.28 Å². The fourth-order valence-electron chi connectivity index (χ4n) is 7.69. The van der Waals surface area contributed by atoms with Gasteiger partial charge in [-0.3, -0.25) is 0 Å². The van der Waals surface area contributed by atoms with Gasteiger partial charge >= 0.3 is 7.12 Å². The first-order chi connectivity index (χ1) is 32.5. The Morgan fingerprint density at radius 2 is 0.682 bits per heavy atom. The highest BCUT2D eigenvalue weighted by Gasteiger charge is 2.19. The van der Waals surface area contributed by atoms with Crippen molar-refractivity contribution in [2.75, 3.05) is 0 Å². The quantitative estimate of drug-likeness (QED) is 0.155. The maximum absolute atomic E-state index is 9.31. The minimum atomic E-state index is -1.48. The molecular formula is C54H36BClN6O4. The molecule has 0 saturated heterocycles. The number of nitrogens with zero attached hydrogens (tertiary/aromatic N) is 6. The van der Waals surface area contributed by atoms with Crippen molar-refractivity contribution in [3.63, 3.8) is 0 Å². The Labute approximate surface area is 383 Å². The predicted molar refractivity (Wildman–Crippen MR) is 263 cm³/mol. The second-order valence-corrected chi connectivity index (χ2v) is 15.3. The SMILES string of the molecule is Clc1nc(-c2ccccc2)nc(-c2ccccc2)n1.OB(O)c1cccc2oc3ccccc3c12.c1ccc(-c2nc(-c3ccccc3)nc(-c3cccc4oc5ccccc5c34)n2)cc1. The van der Waals surface area contributed by atoms with Gasteiger partial charge in [0.1, 0.15) is 22.3 Å². The lowest BCUT2D eigenvalue weighted by Crippen LogP contribution is -2.30. The van der Waals surface area contributed by atoms with Gasteiger partial charge < -0.3 is 18.9 Å². The first-order valence-electron chi connectivity index (χ1n) is 21.0. The zero-order valence-corrected chi connectivity index (χ0v) is 35.7. The summed E-state index contributed by atoms with van der Waals surface area (Å²) in [6.07, 6.45) is 0. The van der Waals surface area contributed by atoms with E-state index in [1.165, 1.54) is 0 Å². The summed E-state index contributed by atoms with van der Waals surface area (Å²) < 4.78 is 11.7. The molecule has 2 N–H and O–H groups in total. The van der Waals surface area contributed by atoms with Crippen LogP contribution in [0.25, 0.3) is 101 Å². The fourth-order valence-corrected chi connectivity index (χ4v) is 7.85. The topological polar surface area (TPSA) is 144 Å². The molecule has 4 heterocycles. The number of halogens is 1. The lowest BCUT2D eigenvalue weighted by atomic mass is 9.77. The molecule has 12 rings (SSSR count). The van der Waals surface area contributed by atoms with Crippen LogP contribution in [0.4, 0.5) is 0 Å². The highest BCUT2D eigenvalue weighted by Crippen LogP contribution is 2.36. The molecule has 0 bridgehead atoms. The van der Waals surface area contributed by atoms with Crippen molar-refractivity contribution < 1.29 is 18.9 Å². The molecule has 0 aliphatic carbocycles. The molecule has 0 fully saturated rings. The van der Waals surface area contributed by atoms with Crippen molar-refractivity contribution in [2.45, 2.75) is 0 Å². The molecule has 0 spiro atoms. The average molecular weight is 879 g/mol. The van der Waals surface area contributed by atoms with Crippen LogP contribution in [0.15, 0.2) is 215 Å². The maximum atomic E-state index is 9.31. The van der Waals surface area contributed by atoms with Crippen LogP contribution in [0.3, 0.4) is 0 Å². The lowest BCUT2D eigenvalue weighted by Gasteiger charge is -2.09. The highest BCUT2D eigenvalue weighted by atomic mass is 35.5. The van der Waals surface area contributed by atoms with Crippen molar-refractivity contribution >= 4 is 68.1 Å². The third-order valence-electron chi connectivity index (χ3n) is 10.7. The molecule has 0 unspecified atom stereocenters. The molecule has 10 nitrogen and oxygen atoms in total. The number of rotatable bonds is 6. The molecule has 12 aromatic rings. The third kappa shape index (κ3) is 8.77. The molecule has 66 heavy (non-hydrogen) atoms. The summed E-state index contributed by atoms with van der Waals surface area (Å²) >= 11 is 5.99. The summed E-state index contributed by atoms with van der Waals surface area (Å²) in [6.45, 7) is 0. The van der Waals surface area contributed by atoms with Gasteiger partial charge in [0.05, 0.1) is 0 Å². The molecule has 0 saturated carbocycles. The van der Waals surface area contributed by atoms with E-state index in [0.717, 1.165) is 66.1 Å². The monoisotopic (exact) mass is 878 g/mol. The van der Waals surface area contributed by atoms with E-state index < -0.39 is 7.12 Å². The zero-order chi connectivity index (χ0) is 44.8. The van der Waals surface area contributed by atoms with E-state index in [2.05, 4.69) is 21.0 Å². The standard InChI is InChI=1S/C27H17N3O.C15H10ClN3.C12H9BO3/c1-3-10-18(11-4-1)25-28-26(19-12-5-2-6-13-19)30-27(29-25)21-15-9-17-23-24(21)20-14-7-8-16-22(20)31-23;16-15-18-13(11-7-3-1-4-8-11)17-14(19-15)12-9-5-2-6-10-12;14-13(15)9-5-3-7-11-12(9)8-4-1-2-6-10(8)16-11/h1-17H;1-10H;1-7,14-15H. The first-order valence-corrected chi connectivity index (χ1v) is 21.4. The van der Waals surface area contributed by atoms with E-state index in [4.69, 9.17) is 35.4 Å².